The molecule has 6 rings (SSSR count). The summed E-state index contributed by atoms with van der Waals surface area (Å²) in [6.45, 7) is 8.62. The number of allylic oxidation sites excluding steroid dienone is 1. The molecule has 0 aliphatic carbocycles. The van der Waals surface area contributed by atoms with Crippen molar-refractivity contribution in [1.82, 2.24) is 4.57 Å². The van der Waals surface area contributed by atoms with Crippen LogP contribution in [0.15, 0.2) is 98.3 Å². The first-order chi connectivity index (χ1) is 21.7. The monoisotopic (exact) mass is 683 g/mol. The van der Waals surface area contributed by atoms with E-state index < -0.39 is 12.0 Å². The number of carbonyl (C=O) groups excluding carboxylic acids is 2. The van der Waals surface area contributed by atoms with Gasteiger partial charge in [-0.2, -0.15) is 0 Å². The van der Waals surface area contributed by atoms with E-state index in [-0.39, 0.29) is 18.1 Å². The molecule has 7 nitrogen and oxygen atoms in total. The van der Waals surface area contributed by atoms with E-state index >= 15 is 0 Å². The molecule has 4 aromatic rings. The number of amides is 1. The van der Waals surface area contributed by atoms with E-state index in [4.69, 9.17) is 9.73 Å². The van der Waals surface area contributed by atoms with Crippen LogP contribution >= 0.6 is 27.3 Å². The molecule has 0 saturated heterocycles. The van der Waals surface area contributed by atoms with Gasteiger partial charge in [0.25, 0.3) is 11.5 Å². The molecule has 0 N–H and O–H groups in total. The van der Waals surface area contributed by atoms with Gasteiger partial charge in [-0.05, 0) is 54.2 Å². The second-order valence-electron chi connectivity index (χ2n) is 11.5. The number of aromatic nitrogens is 1. The maximum absolute atomic E-state index is 14.6. The molecular formula is C36H34BrN3O4S. The molecule has 1 aromatic heterocycles. The van der Waals surface area contributed by atoms with Gasteiger partial charge in [0, 0.05) is 10.0 Å². The largest absolute Gasteiger partial charge is 0.463 e. The summed E-state index contributed by atoms with van der Waals surface area (Å²) >= 11 is 4.77. The Morgan fingerprint density at radius 2 is 1.76 bits per heavy atom. The van der Waals surface area contributed by atoms with Crippen LogP contribution in [0.2, 0.25) is 0 Å². The van der Waals surface area contributed by atoms with Crippen LogP contribution in [0.3, 0.4) is 0 Å². The van der Waals surface area contributed by atoms with E-state index in [0.717, 1.165) is 33.3 Å². The van der Waals surface area contributed by atoms with Crippen LogP contribution in [0.5, 0.6) is 0 Å². The van der Waals surface area contributed by atoms with Gasteiger partial charge >= 0.3 is 5.97 Å². The third-order valence-corrected chi connectivity index (χ3v) is 9.72. The van der Waals surface area contributed by atoms with E-state index in [1.54, 1.807) is 16.4 Å². The number of benzene rings is 3. The molecule has 0 spiro atoms. The van der Waals surface area contributed by atoms with Crippen LogP contribution in [0.4, 0.5) is 5.69 Å². The predicted molar refractivity (Wildman–Crippen MR) is 181 cm³/mol. The topological polar surface area (TPSA) is 81.0 Å². The van der Waals surface area contributed by atoms with Gasteiger partial charge in [-0.3, -0.25) is 14.2 Å². The van der Waals surface area contributed by atoms with Gasteiger partial charge < -0.3 is 9.64 Å². The minimum atomic E-state index is -0.740. The van der Waals surface area contributed by atoms with E-state index in [1.807, 2.05) is 79.7 Å². The number of anilines is 1. The Bertz CT molecular complexity index is 2010. The lowest BCUT2D eigenvalue weighted by atomic mass is 9.92. The van der Waals surface area contributed by atoms with Gasteiger partial charge in [-0.25, -0.2) is 9.79 Å². The molecule has 45 heavy (non-hydrogen) atoms. The Balaban J connectivity index is 1.61. The Hall–Kier alpha value is -4.08. The van der Waals surface area contributed by atoms with Gasteiger partial charge in [0.1, 0.15) is 4.53 Å². The molecule has 0 radical (unpaired) electrons. The lowest BCUT2D eigenvalue weighted by Gasteiger charge is -2.26. The van der Waals surface area contributed by atoms with Crippen LogP contribution in [-0.2, 0) is 20.9 Å². The van der Waals surface area contributed by atoms with Crippen molar-refractivity contribution in [2.75, 3.05) is 11.5 Å². The van der Waals surface area contributed by atoms with E-state index in [2.05, 4.69) is 29.8 Å². The molecule has 0 fully saturated rings. The Morgan fingerprint density at radius 1 is 1.02 bits per heavy atom. The number of carbonyl (C=O) groups is 2. The standard InChI is InChI=1S/C36H34BrN3O4S/c1-5-10-27-30(35(43)44-6-2)31(24-15-13-23(14-16-24)21(3)4)40-34(42)32(45-36(40)38-27)29-26-19-25(37)17-18-28(26)39(33(29)41)20-22-11-8-7-9-12-22/h7-9,11-19,21,31H,5-6,10,20H2,1-4H3/b32-29-/t31-/m0/s1. The van der Waals surface area contributed by atoms with Crippen LogP contribution in [0.1, 0.15) is 74.8 Å². The van der Waals surface area contributed by atoms with Crippen LogP contribution in [0.25, 0.3) is 5.57 Å². The molecular weight excluding hydrogens is 650 g/mol. The zero-order valence-corrected chi connectivity index (χ0v) is 28.1. The molecule has 0 unspecified atom stereocenters. The van der Waals surface area contributed by atoms with Gasteiger partial charge in [0.2, 0.25) is 0 Å². The maximum atomic E-state index is 14.6. The molecule has 0 bridgehead atoms. The number of halogens is 1. The molecule has 3 heterocycles. The summed E-state index contributed by atoms with van der Waals surface area (Å²) in [6, 6.07) is 22.8. The highest BCUT2D eigenvalue weighted by Crippen LogP contribution is 2.39. The number of hydrogen-bond donors (Lipinski definition) is 0. The van der Waals surface area contributed by atoms with Crippen molar-refractivity contribution in [3.05, 3.63) is 130 Å². The average molecular weight is 685 g/mol. The Morgan fingerprint density at radius 3 is 2.42 bits per heavy atom. The molecule has 1 atom stereocenters. The zero-order valence-electron chi connectivity index (χ0n) is 25.7. The van der Waals surface area contributed by atoms with Crippen molar-refractivity contribution in [1.29, 1.82) is 0 Å². The van der Waals surface area contributed by atoms with Gasteiger partial charge in [0.15, 0.2) is 4.80 Å². The van der Waals surface area contributed by atoms with Crippen molar-refractivity contribution in [2.24, 2.45) is 4.99 Å². The van der Waals surface area contributed by atoms with E-state index in [0.29, 0.717) is 50.6 Å². The minimum absolute atomic E-state index is 0.201. The summed E-state index contributed by atoms with van der Waals surface area (Å²) in [6.07, 6.45) is 1.31. The molecule has 3 aromatic carbocycles. The number of fused-ring (bicyclic) bond motifs is 2. The fourth-order valence-corrected chi connectivity index (χ4v) is 7.47. The highest BCUT2D eigenvalue weighted by Gasteiger charge is 2.38. The number of ether oxygens (including phenoxy) is 1. The molecule has 230 valence electrons. The fourth-order valence-electron chi connectivity index (χ4n) is 6.00. The van der Waals surface area contributed by atoms with Crippen molar-refractivity contribution in [3.63, 3.8) is 0 Å². The Kier molecular flexibility index (Phi) is 8.75. The summed E-state index contributed by atoms with van der Waals surface area (Å²) in [5, 5.41) is 0. The Labute approximate surface area is 274 Å². The van der Waals surface area contributed by atoms with Crippen LogP contribution in [-0.4, -0.2) is 23.1 Å². The van der Waals surface area contributed by atoms with Crippen molar-refractivity contribution < 1.29 is 14.3 Å². The first-order valence-electron chi connectivity index (χ1n) is 15.2. The number of thiazole rings is 1. The third kappa shape index (κ3) is 5.64. The number of rotatable bonds is 8. The summed E-state index contributed by atoms with van der Waals surface area (Å²) in [5.74, 6) is -0.403. The quantitative estimate of drug-likeness (QED) is 0.202. The van der Waals surface area contributed by atoms with Gasteiger partial charge in [-0.1, -0.05) is 109 Å². The molecule has 1 amide bonds. The second-order valence-corrected chi connectivity index (χ2v) is 13.4. The number of nitrogens with zero attached hydrogens (tertiary/aromatic N) is 3. The SMILES string of the molecule is CCCC1=C(C(=O)OCC)[C@H](c2ccc(C(C)C)cc2)n2c(s/c(=C3\C(=O)N(Cc4ccccc4)c4ccc(Br)cc43)c2=O)=N1. The molecule has 9 heteroatoms. The second kappa shape index (κ2) is 12.7. The zero-order chi connectivity index (χ0) is 31.8. The highest BCUT2D eigenvalue weighted by atomic mass is 79.9. The van der Waals surface area contributed by atoms with Crippen LogP contribution in [0, 0.1) is 0 Å². The normalized spacial score (nSPS) is 17.0. The molecule has 2 aliphatic heterocycles. The van der Waals surface area contributed by atoms with Crippen molar-refractivity contribution >= 4 is 50.4 Å². The summed E-state index contributed by atoms with van der Waals surface area (Å²) in [7, 11) is 0. The van der Waals surface area contributed by atoms with Gasteiger partial charge in [-0.15, -0.1) is 0 Å². The predicted octanol–water partition coefficient (Wildman–Crippen LogP) is 6.38. The van der Waals surface area contributed by atoms with Crippen LogP contribution < -0.4 is 19.8 Å². The first kappa shape index (κ1) is 30.9. The first-order valence-corrected chi connectivity index (χ1v) is 16.8. The molecule has 0 saturated carbocycles. The number of esters is 1. The number of hydrogen-bond acceptors (Lipinski definition) is 6. The minimum Gasteiger partial charge on any atom is -0.463 e. The third-order valence-electron chi connectivity index (χ3n) is 8.17. The smallest absolute Gasteiger partial charge is 0.338 e. The average Bonchev–Trinajstić information content (AvgIpc) is 3.48. The lowest BCUT2D eigenvalue weighted by Crippen LogP contribution is -2.41. The fraction of sp³-hybridized carbons (Fsp3) is 0.278. The van der Waals surface area contributed by atoms with E-state index in [9.17, 15) is 14.4 Å². The van der Waals surface area contributed by atoms with E-state index in [1.165, 1.54) is 11.3 Å². The van der Waals surface area contributed by atoms with Crippen molar-refractivity contribution in [3.8, 4) is 0 Å². The summed E-state index contributed by atoms with van der Waals surface area (Å²) in [4.78, 5) is 49.5. The summed E-state index contributed by atoms with van der Waals surface area (Å²) < 4.78 is 8.23. The maximum Gasteiger partial charge on any atom is 0.338 e. The van der Waals surface area contributed by atoms with Crippen molar-refractivity contribution in [2.45, 2.75) is 59.0 Å². The lowest BCUT2D eigenvalue weighted by molar-refractivity contribution is -0.139. The molecule has 2 aliphatic rings. The highest BCUT2D eigenvalue weighted by molar-refractivity contribution is 9.10. The van der Waals surface area contributed by atoms with Gasteiger partial charge in [0.05, 0.1) is 41.7 Å². The summed E-state index contributed by atoms with van der Waals surface area (Å²) in [5.41, 5.74) is 5.32.